The van der Waals surface area contributed by atoms with Gasteiger partial charge in [-0.15, -0.1) is 24.0 Å². The van der Waals surface area contributed by atoms with E-state index in [0.29, 0.717) is 12.5 Å². The topological polar surface area (TPSA) is 36.4 Å². The molecule has 0 fully saturated rings. The molecular formula is C15H23F3IN3S. The van der Waals surface area contributed by atoms with Crippen molar-refractivity contribution >= 4 is 41.7 Å². The van der Waals surface area contributed by atoms with Crippen LogP contribution in [0.4, 0.5) is 13.2 Å². The van der Waals surface area contributed by atoms with Gasteiger partial charge < -0.3 is 10.6 Å². The lowest BCUT2D eigenvalue weighted by molar-refractivity contribution is -0.137. The molecular weight excluding hydrogens is 438 g/mol. The van der Waals surface area contributed by atoms with Gasteiger partial charge in [-0.1, -0.05) is 12.1 Å². The van der Waals surface area contributed by atoms with E-state index in [2.05, 4.69) is 21.9 Å². The standard InChI is InChI=1S/C15H22F3N3S.HI/c1-3-19-14(20-9-4-10-22-2)21-11-12-5-7-13(8-6-12)15(16,17)18;/h5-8H,3-4,9-11H2,1-2H3,(H2,19,20,21);1H. The highest BCUT2D eigenvalue weighted by Crippen LogP contribution is 2.29. The Morgan fingerprint density at radius 2 is 1.83 bits per heavy atom. The Bertz CT molecular complexity index is 464. The van der Waals surface area contributed by atoms with Crippen LogP contribution in [-0.4, -0.2) is 31.1 Å². The second-order valence-corrected chi connectivity index (χ2v) is 5.65. The van der Waals surface area contributed by atoms with Crippen LogP contribution in [0.5, 0.6) is 0 Å². The fourth-order valence-corrected chi connectivity index (χ4v) is 2.17. The number of hydrogen-bond donors (Lipinski definition) is 2. The molecule has 0 bridgehead atoms. The normalized spacial score (nSPS) is 11.8. The van der Waals surface area contributed by atoms with Gasteiger partial charge >= 0.3 is 6.18 Å². The molecule has 0 aliphatic rings. The minimum absolute atomic E-state index is 0. The van der Waals surface area contributed by atoms with Crippen molar-refractivity contribution in [3.8, 4) is 0 Å². The lowest BCUT2D eigenvalue weighted by atomic mass is 10.1. The van der Waals surface area contributed by atoms with Crippen molar-refractivity contribution in [2.24, 2.45) is 4.99 Å². The minimum atomic E-state index is -4.30. The molecule has 0 atom stereocenters. The SMILES string of the molecule is CCNC(=NCc1ccc(C(F)(F)F)cc1)NCCCSC.I. The Morgan fingerprint density at radius 1 is 1.17 bits per heavy atom. The summed E-state index contributed by atoms with van der Waals surface area (Å²) in [5.41, 5.74) is 0.108. The molecule has 0 aromatic heterocycles. The van der Waals surface area contributed by atoms with E-state index in [1.54, 1.807) is 11.8 Å². The number of guanidine groups is 1. The number of aliphatic imine (C=N–C) groups is 1. The van der Waals surface area contributed by atoms with E-state index in [-0.39, 0.29) is 24.0 Å². The summed E-state index contributed by atoms with van der Waals surface area (Å²) in [6, 6.07) is 5.10. The zero-order valence-corrected chi connectivity index (χ0v) is 16.4. The van der Waals surface area contributed by atoms with Crippen LogP contribution in [0, 0.1) is 0 Å². The maximum Gasteiger partial charge on any atom is 0.416 e. The van der Waals surface area contributed by atoms with E-state index < -0.39 is 11.7 Å². The summed E-state index contributed by atoms with van der Waals surface area (Å²) < 4.78 is 37.5. The third kappa shape index (κ3) is 9.29. The molecule has 2 N–H and O–H groups in total. The average Bonchev–Trinajstić information content (AvgIpc) is 2.48. The smallest absolute Gasteiger partial charge is 0.357 e. The third-order valence-corrected chi connectivity index (χ3v) is 3.56. The van der Waals surface area contributed by atoms with Crippen LogP contribution >= 0.6 is 35.7 Å². The first-order chi connectivity index (χ1) is 10.5. The summed E-state index contributed by atoms with van der Waals surface area (Å²) in [6.07, 6.45) is -1.20. The molecule has 0 radical (unpaired) electrons. The molecule has 132 valence electrons. The average molecular weight is 461 g/mol. The summed E-state index contributed by atoms with van der Waals surface area (Å²) in [5, 5.41) is 6.32. The molecule has 0 aliphatic carbocycles. The number of halogens is 4. The van der Waals surface area contributed by atoms with Crippen LogP contribution in [-0.2, 0) is 12.7 Å². The number of rotatable bonds is 7. The molecule has 3 nitrogen and oxygen atoms in total. The highest BCUT2D eigenvalue weighted by atomic mass is 127. The molecule has 1 aromatic carbocycles. The quantitative estimate of drug-likeness (QED) is 0.278. The third-order valence-electron chi connectivity index (χ3n) is 2.86. The fraction of sp³-hybridized carbons (Fsp3) is 0.533. The molecule has 0 amide bonds. The molecule has 0 saturated carbocycles. The van der Waals surface area contributed by atoms with Gasteiger partial charge in [-0.05, 0) is 43.0 Å². The first kappa shape index (κ1) is 22.4. The van der Waals surface area contributed by atoms with Crippen LogP contribution in [0.3, 0.4) is 0 Å². The van der Waals surface area contributed by atoms with Gasteiger partial charge in [-0.3, -0.25) is 0 Å². The lowest BCUT2D eigenvalue weighted by Gasteiger charge is -2.11. The first-order valence-corrected chi connectivity index (χ1v) is 8.54. The van der Waals surface area contributed by atoms with E-state index >= 15 is 0 Å². The largest absolute Gasteiger partial charge is 0.416 e. The van der Waals surface area contributed by atoms with Crippen LogP contribution in [0.2, 0.25) is 0 Å². The van der Waals surface area contributed by atoms with Crippen molar-refractivity contribution in [1.82, 2.24) is 10.6 Å². The fourth-order valence-electron chi connectivity index (χ4n) is 1.73. The van der Waals surface area contributed by atoms with E-state index in [0.717, 1.165) is 43.0 Å². The van der Waals surface area contributed by atoms with Gasteiger partial charge in [-0.2, -0.15) is 24.9 Å². The van der Waals surface area contributed by atoms with Crippen molar-refractivity contribution in [2.75, 3.05) is 25.1 Å². The van der Waals surface area contributed by atoms with Crippen molar-refractivity contribution in [3.05, 3.63) is 35.4 Å². The highest BCUT2D eigenvalue weighted by Gasteiger charge is 2.29. The number of thioether (sulfide) groups is 1. The van der Waals surface area contributed by atoms with Crippen LogP contribution in [0.25, 0.3) is 0 Å². The summed E-state index contributed by atoms with van der Waals surface area (Å²) in [7, 11) is 0. The van der Waals surface area contributed by atoms with Gasteiger partial charge in [-0.25, -0.2) is 4.99 Å². The van der Waals surface area contributed by atoms with Gasteiger partial charge in [0.15, 0.2) is 5.96 Å². The van der Waals surface area contributed by atoms with Crippen LogP contribution in [0.15, 0.2) is 29.3 Å². The molecule has 8 heteroatoms. The van der Waals surface area contributed by atoms with Crippen molar-refractivity contribution in [1.29, 1.82) is 0 Å². The predicted octanol–water partition coefficient (Wildman–Crippen LogP) is 4.13. The van der Waals surface area contributed by atoms with Crippen molar-refractivity contribution < 1.29 is 13.2 Å². The summed E-state index contributed by atoms with van der Waals surface area (Å²) >= 11 is 1.79. The second kappa shape index (κ2) is 11.8. The summed E-state index contributed by atoms with van der Waals surface area (Å²) in [5.74, 6) is 1.76. The maximum atomic E-state index is 12.5. The second-order valence-electron chi connectivity index (χ2n) is 4.66. The molecule has 0 saturated heterocycles. The van der Waals surface area contributed by atoms with Gasteiger partial charge in [0.1, 0.15) is 0 Å². The zero-order valence-electron chi connectivity index (χ0n) is 13.2. The first-order valence-electron chi connectivity index (χ1n) is 7.14. The number of alkyl halides is 3. The Labute approximate surface area is 156 Å². The zero-order chi connectivity index (χ0) is 16.4. The summed E-state index contributed by atoms with van der Waals surface area (Å²) in [6.45, 7) is 3.87. The van der Waals surface area contributed by atoms with Gasteiger partial charge in [0.25, 0.3) is 0 Å². The van der Waals surface area contributed by atoms with Crippen LogP contribution in [0.1, 0.15) is 24.5 Å². The highest BCUT2D eigenvalue weighted by molar-refractivity contribution is 14.0. The monoisotopic (exact) mass is 461 g/mol. The van der Waals surface area contributed by atoms with E-state index in [1.807, 2.05) is 6.92 Å². The molecule has 0 spiro atoms. The van der Waals surface area contributed by atoms with Crippen LogP contribution < -0.4 is 10.6 Å². The number of nitrogens with one attached hydrogen (secondary N) is 2. The van der Waals surface area contributed by atoms with Gasteiger partial charge in [0.2, 0.25) is 0 Å². The van der Waals surface area contributed by atoms with Gasteiger partial charge in [0.05, 0.1) is 12.1 Å². The molecule has 1 aromatic rings. The lowest BCUT2D eigenvalue weighted by Crippen LogP contribution is -2.37. The van der Waals surface area contributed by atoms with Crippen molar-refractivity contribution in [3.63, 3.8) is 0 Å². The Hall–Kier alpha value is -0.640. The number of benzene rings is 1. The van der Waals surface area contributed by atoms with E-state index in [1.165, 1.54) is 12.1 Å². The Balaban J connectivity index is 0.00000484. The Kier molecular flexibility index (Phi) is 11.5. The Morgan fingerprint density at radius 3 is 2.35 bits per heavy atom. The minimum Gasteiger partial charge on any atom is -0.357 e. The molecule has 0 aliphatic heterocycles. The van der Waals surface area contributed by atoms with E-state index in [9.17, 15) is 13.2 Å². The van der Waals surface area contributed by atoms with Crippen molar-refractivity contribution in [2.45, 2.75) is 26.1 Å². The molecule has 1 rings (SSSR count). The van der Waals surface area contributed by atoms with E-state index in [4.69, 9.17) is 0 Å². The molecule has 0 heterocycles. The number of hydrogen-bond acceptors (Lipinski definition) is 2. The molecule has 0 unspecified atom stereocenters. The number of nitrogens with zero attached hydrogens (tertiary/aromatic N) is 1. The summed E-state index contributed by atoms with van der Waals surface area (Å²) in [4.78, 5) is 4.38. The van der Waals surface area contributed by atoms with Gasteiger partial charge in [0, 0.05) is 13.1 Å². The maximum absolute atomic E-state index is 12.5. The predicted molar refractivity (Wildman–Crippen MR) is 103 cm³/mol. The molecule has 23 heavy (non-hydrogen) atoms.